The average molecular weight is 342 g/mol. The number of aromatic nitrogens is 1. The van der Waals surface area contributed by atoms with Gasteiger partial charge in [-0.25, -0.2) is 0 Å². The Labute approximate surface area is 151 Å². The van der Waals surface area contributed by atoms with Crippen molar-refractivity contribution in [2.45, 2.75) is 26.0 Å². The van der Waals surface area contributed by atoms with Crippen LogP contribution in [0.15, 0.2) is 53.7 Å². The van der Waals surface area contributed by atoms with Crippen LogP contribution in [-0.2, 0) is 24.9 Å². The Morgan fingerprint density at radius 1 is 1.16 bits per heavy atom. The number of ether oxygens (including phenoxy) is 1. The summed E-state index contributed by atoms with van der Waals surface area (Å²) in [6.45, 7) is 3.21. The van der Waals surface area contributed by atoms with Crippen LogP contribution < -0.4 is 5.32 Å². The molecule has 0 unspecified atom stereocenters. The van der Waals surface area contributed by atoms with E-state index in [2.05, 4.69) is 64.3 Å². The molecule has 25 heavy (non-hydrogen) atoms. The third-order valence-electron chi connectivity index (χ3n) is 4.13. The summed E-state index contributed by atoms with van der Waals surface area (Å²) < 4.78 is 7.85. The fraction of sp³-hybridized carbons (Fsp3) is 0.450. The van der Waals surface area contributed by atoms with E-state index in [1.54, 1.807) is 0 Å². The predicted octanol–water partition coefficient (Wildman–Crippen LogP) is 3.03. The Hall–Kier alpha value is -2.27. The molecule has 5 heteroatoms. The molecule has 0 saturated carbocycles. The maximum atomic E-state index is 5.71. The van der Waals surface area contributed by atoms with E-state index in [0.717, 1.165) is 38.5 Å². The highest BCUT2D eigenvalue weighted by molar-refractivity contribution is 5.79. The maximum absolute atomic E-state index is 5.71. The first-order chi connectivity index (χ1) is 12.2. The Morgan fingerprint density at radius 3 is 2.64 bits per heavy atom. The van der Waals surface area contributed by atoms with Crippen LogP contribution >= 0.6 is 0 Å². The van der Waals surface area contributed by atoms with Gasteiger partial charge in [-0.2, -0.15) is 0 Å². The van der Waals surface area contributed by atoms with Gasteiger partial charge in [0.25, 0.3) is 0 Å². The van der Waals surface area contributed by atoms with Crippen molar-refractivity contribution >= 4 is 5.96 Å². The van der Waals surface area contributed by atoms with Crippen LogP contribution in [-0.4, -0.2) is 42.7 Å². The molecule has 0 saturated heterocycles. The number of hydrogen-bond acceptors (Lipinski definition) is 2. The SMILES string of the molecule is CN=C(NCCCCOCc1ccccc1)N(C)Cc1cccn1C. The number of guanidine groups is 1. The topological polar surface area (TPSA) is 41.8 Å². The van der Waals surface area contributed by atoms with Gasteiger partial charge in [0.2, 0.25) is 0 Å². The van der Waals surface area contributed by atoms with Crippen molar-refractivity contribution in [2.24, 2.45) is 12.0 Å². The fourth-order valence-electron chi connectivity index (χ4n) is 2.66. The summed E-state index contributed by atoms with van der Waals surface area (Å²) in [5, 5.41) is 3.42. The summed E-state index contributed by atoms with van der Waals surface area (Å²) in [4.78, 5) is 6.50. The van der Waals surface area contributed by atoms with E-state index in [1.165, 1.54) is 11.3 Å². The molecule has 1 aromatic carbocycles. The lowest BCUT2D eigenvalue weighted by molar-refractivity contribution is 0.117. The molecule has 1 heterocycles. The second-order valence-corrected chi connectivity index (χ2v) is 6.19. The summed E-state index contributed by atoms with van der Waals surface area (Å²) in [5.41, 5.74) is 2.49. The summed E-state index contributed by atoms with van der Waals surface area (Å²) in [6.07, 6.45) is 4.17. The monoisotopic (exact) mass is 342 g/mol. The summed E-state index contributed by atoms with van der Waals surface area (Å²) >= 11 is 0. The zero-order valence-electron chi connectivity index (χ0n) is 15.6. The van der Waals surface area contributed by atoms with E-state index in [9.17, 15) is 0 Å². The van der Waals surface area contributed by atoms with Crippen LogP contribution in [0.3, 0.4) is 0 Å². The number of aryl methyl sites for hydroxylation is 1. The molecule has 0 aliphatic heterocycles. The minimum absolute atomic E-state index is 0.690. The second kappa shape index (κ2) is 10.6. The van der Waals surface area contributed by atoms with Crippen molar-refractivity contribution < 1.29 is 4.74 Å². The van der Waals surface area contributed by atoms with Crippen LogP contribution in [0, 0.1) is 0 Å². The molecular weight excluding hydrogens is 312 g/mol. The van der Waals surface area contributed by atoms with Gasteiger partial charge < -0.3 is 19.5 Å². The van der Waals surface area contributed by atoms with Crippen LogP contribution in [0.4, 0.5) is 0 Å². The minimum atomic E-state index is 0.690. The molecule has 0 amide bonds. The zero-order chi connectivity index (χ0) is 17.9. The third kappa shape index (κ3) is 6.63. The van der Waals surface area contributed by atoms with Gasteiger partial charge in [-0.3, -0.25) is 4.99 Å². The zero-order valence-corrected chi connectivity index (χ0v) is 15.6. The lowest BCUT2D eigenvalue weighted by Crippen LogP contribution is -2.39. The quantitative estimate of drug-likeness (QED) is 0.433. The molecule has 136 valence electrons. The number of nitrogens with zero attached hydrogens (tertiary/aromatic N) is 3. The van der Waals surface area contributed by atoms with Gasteiger partial charge in [-0.1, -0.05) is 30.3 Å². The number of aliphatic imine (C=N–C) groups is 1. The molecule has 0 aliphatic carbocycles. The normalized spacial score (nSPS) is 11.6. The van der Waals surface area contributed by atoms with Gasteiger partial charge in [-0.05, 0) is 30.5 Å². The third-order valence-corrected chi connectivity index (χ3v) is 4.13. The van der Waals surface area contributed by atoms with Gasteiger partial charge in [0.1, 0.15) is 0 Å². The molecule has 0 aliphatic rings. The van der Waals surface area contributed by atoms with Gasteiger partial charge in [-0.15, -0.1) is 0 Å². The van der Waals surface area contributed by atoms with Crippen molar-refractivity contribution in [3.05, 3.63) is 59.9 Å². The van der Waals surface area contributed by atoms with E-state index < -0.39 is 0 Å². The number of unbranched alkanes of at least 4 members (excludes halogenated alkanes) is 1. The van der Waals surface area contributed by atoms with Crippen molar-refractivity contribution in [1.29, 1.82) is 0 Å². The molecule has 0 atom stereocenters. The highest BCUT2D eigenvalue weighted by Crippen LogP contribution is 2.04. The summed E-state index contributed by atoms with van der Waals surface area (Å²) in [5.74, 6) is 0.923. The van der Waals surface area contributed by atoms with Crippen molar-refractivity contribution in [3.63, 3.8) is 0 Å². The number of benzene rings is 1. The average Bonchev–Trinajstić information content (AvgIpc) is 3.03. The first kappa shape index (κ1) is 19.1. The van der Waals surface area contributed by atoms with Crippen molar-refractivity contribution in [2.75, 3.05) is 27.2 Å². The summed E-state index contributed by atoms with van der Waals surface area (Å²) in [7, 11) is 5.95. The first-order valence-electron chi connectivity index (χ1n) is 8.84. The van der Waals surface area contributed by atoms with Gasteiger partial charge in [0, 0.05) is 46.2 Å². The largest absolute Gasteiger partial charge is 0.377 e. The number of hydrogen-bond donors (Lipinski definition) is 1. The molecule has 2 aromatic rings. The molecule has 1 N–H and O–H groups in total. The lowest BCUT2D eigenvalue weighted by atomic mass is 10.2. The molecule has 2 rings (SSSR count). The Morgan fingerprint density at radius 2 is 1.96 bits per heavy atom. The van der Waals surface area contributed by atoms with Crippen LogP contribution in [0.1, 0.15) is 24.1 Å². The van der Waals surface area contributed by atoms with Gasteiger partial charge in [0.15, 0.2) is 5.96 Å². The van der Waals surface area contributed by atoms with E-state index in [1.807, 2.05) is 25.2 Å². The van der Waals surface area contributed by atoms with E-state index in [4.69, 9.17) is 4.74 Å². The molecule has 0 bridgehead atoms. The van der Waals surface area contributed by atoms with Crippen molar-refractivity contribution in [1.82, 2.24) is 14.8 Å². The van der Waals surface area contributed by atoms with Gasteiger partial charge in [0.05, 0.1) is 13.2 Å². The Balaban J connectivity index is 1.58. The number of rotatable bonds is 9. The molecule has 0 radical (unpaired) electrons. The minimum Gasteiger partial charge on any atom is -0.377 e. The smallest absolute Gasteiger partial charge is 0.193 e. The molecule has 0 fully saturated rings. The lowest BCUT2D eigenvalue weighted by Gasteiger charge is -2.22. The number of nitrogens with one attached hydrogen (secondary N) is 1. The molecule has 1 aromatic heterocycles. The van der Waals surface area contributed by atoms with Crippen LogP contribution in [0.25, 0.3) is 0 Å². The second-order valence-electron chi connectivity index (χ2n) is 6.19. The molecular formula is C20H30N4O. The predicted molar refractivity (Wildman–Crippen MR) is 104 cm³/mol. The molecule has 0 spiro atoms. The maximum Gasteiger partial charge on any atom is 0.193 e. The first-order valence-corrected chi connectivity index (χ1v) is 8.84. The van der Waals surface area contributed by atoms with Crippen LogP contribution in [0.2, 0.25) is 0 Å². The summed E-state index contributed by atoms with van der Waals surface area (Å²) in [6, 6.07) is 14.5. The van der Waals surface area contributed by atoms with E-state index >= 15 is 0 Å². The standard InChI is InChI=1S/C20H30N4O/c1-21-20(24(3)16-19-12-9-14-23(19)2)22-13-7-8-15-25-17-18-10-5-4-6-11-18/h4-6,9-12,14H,7-8,13,15-17H2,1-3H3,(H,21,22). The molecule has 5 nitrogen and oxygen atoms in total. The van der Waals surface area contributed by atoms with Crippen LogP contribution in [0.5, 0.6) is 0 Å². The van der Waals surface area contributed by atoms with E-state index in [-0.39, 0.29) is 0 Å². The Kier molecular flexibility index (Phi) is 8.05. The van der Waals surface area contributed by atoms with Gasteiger partial charge >= 0.3 is 0 Å². The Bertz CT molecular complexity index is 636. The van der Waals surface area contributed by atoms with E-state index in [0.29, 0.717) is 6.61 Å². The van der Waals surface area contributed by atoms with Crippen molar-refractivity contribution in [3.8, 4) is 0 Å². The highest BCUT2D eigenvalue weighted by atomic mass is 16.5. The fourth-order valence-corrected chi connectivity index (χ4v) is 2.66. The highest BCUT2D eigenvalue weighted by Gasteiger charge is 2.07.